The molecule has 0 radical (unpaired) electrons. The molecular formula is C28H31N7O3. The van der Waals surface area contributed by atoms with Gasteiger partial charge in [-0.3, -0.25) is 9.69 Å². The van der Waals surface area contributed by atoms with Crippen LogP contribution in [0.3, 0.4) is 0 Å². The summed E-state index contributed by atoms with van der Waals surface area (Å²) in [5.74, 6) is 2.10. The number of benzene rings is 2. The Bertz CT molecular complexity index is 1390. The van der Waals surface area contributed by atoms with Gasteiger partial charge in [-0.1, -0.05) is 18.2 Å². The average Bonchev–Trinajstić information content (AvgIpc) is 3.36. The number of para-hydroxylation sites is 1. The molecule has 1 amide bonds. The fourth-order valence-electron chi connectivity index (χ4n) is 5.17. The number of carbonyl (C=O) groups excluding carboxylic acids is 1. The van der Waals surface area contributed by atoms with Crippen LogP contribution in [0, 0.1) is 0 Å². The van der Waals surface area contributed by atoms with E-state index in [0.717, 1.165) is 59.7 Å². The number of hydrogen-bond acceptors (Lipinski definition) is 8. The van der Waals surface area contributed by atoms with Crippen LogP contribution in [0.25, 0.3) is 22.3 Å². The van der Waals surface area contributed by atoms with Crippen molar-refractivity contribution in [1.29, 1.82) is 0 Å². The first-order valence-electron chi connectivity index (χ1n) is 13.1. The summed E-state index contributed by atoms with van der Waals surface area (Å²) in [5, 5.41) is 5.73. The van der Waals surface area contributed by atoms with Gasteiger partial charge in [-0.15, -0.1) is 0 Å². The van der Waals surface area contributed by atoms with E-state index in [1.807, 2.05) is 64.2 Å². The lowest BCUT2D eigenvalue weighted by atomic mass is 10.0. The molecule has 0 aliphatic carbocycles. The van der Waals surface area contributed by atoms with Crippen LogP contribution in [0.15, 0.2) is 60.9 Å². The molecule has 2 N–H and O–H groups in total. The van der Waals surface area contributed by atoms with Crippen LogP contribution in [0.4, 0.5) is 5.82 Å². The fourth-order valence-corrected chi connectivity index (χ4v) is 5.17. The maximum Gasteiger partial charge on any atom is 0.236 e. The number of likely N-dealkylation sites (tertiary alicyclic amines) is 1. The van der Waals surface area contributed by atoms with Gasteiger partial charge in [0.25, 0.3) is 0 Å². The summed E-state index contributed by atoms with van der Waals surface area (Å²) in [6, 6.07) is 17.6. The number of aromatic nitrogens is 4. The fraction of sp³-hybridized carbons (Fsp3) is 0.357. The van der Waals surface area contributed by atoms with Crippen molar-refractivity contribution in [3.8, 4) is 22.8 Å². The van der Waals surface area contributed by atoms with Crippen molar-refractivity contribution in [3.05, 3.63) is 60.9 Å². The van der Waals surface area contributed by atoms with Crippen molar-refractivity contribution in [3.63, 3.8) is 0 Å². The third-order valence-corrected chi connectivity index (χ3v) is 7.25. The maximum absolute atomic E-state index is 12.9. The van der Waals surface area contributed by atoms with Crippen LogP contribution >= 0.6 is 0 Å². The van der Waals surface area contributed by atoms with Gasteiger partial charge in [0.2, 0.25) is 5.91 Å². The molecule has 4 aromatic rings. The van der Waals surface area contributed by atoms with Crippen molar-refractivity contribution >= 4 is 22.8 Å². The van der Waals surface area contributed by atoms with Gasteiger partial charge in [0, 0.05) is 31.7 Å². The van der Waals surface area contributed by atoms with E-state index in [4.69, 9.17) is 20.3 Å². The Morgan fingerprint density at radius 3 is 2.39 bits per heavy atom. The number of morpholine rings is 1. The molecule has 2 saturated heterocycles. The summed E-state index contributed by atoms with van der Waals surface area (Å²) in [5.41, 5.74) is 8.70. The molecule has 0 saturated carbocycles. The van der Waals surface area contributed by atoms with Gasteiger partial charge in [-0.25, -0.2) is 14.6 Å². The molecule has 10 heteroatoms. The Labute approximate surface area is 221 Å². The largest absolute Gasteiger partial charge is 0.457 e. The quantitative estimate of drug-likeness (QED) is 0.418. The number of piperidine rings is 1. The minimum absolute atomic E-state index is 0.119. The van der Waals surface area contributed by atoms with Crippen LogP contribution in [0.2, 0.25) is 0 Å². The Balaban J connectivity index is 1.20. The lowest BCUT2D eigenvalue weighted by Gasteiger charge is -2.34. The topological polar surface area (TPSA) is 112 Å². The van der Waals surface area contributed by atoms with E-state index in [2.05, 4.69) is 14.9 Å². The highest BCUT2D eigenvalue weighted by Gasteiger charge is 2.28. The summed E-state index contributed by atoms with van der Waals surface area (Å²) in [4.78, 5) is 25.8. The first kappa shape index (κ1) is 24.3. The molecule has 2 aliphatic heterocycles. The molecule has 2 aliphatic rings. The van der Waals surface area contributed by atoms with Gasteiger partial charge in [0.05, 0.1) is 31.2 Å². The molecule has 0 spiro atoms. The van der Waals surface area contributed by atoms with Gasteiger partial charge in [-0.2, -0.15) is 5.10 Å². The SMILES string of the molecule is Nc1ncnc2c1c(-c1ccc(Oc3ccccc3)cc1)nn2C1CCN(C(=O)CN2CCOCC2)CC1. The second kappa shape index (κ2) is 10.8. The monoisotopic (exact) mass is 513 g/mol. The predicted molar refractivity (Wildman–Crippen MR) is 144 cm³/mol. The van der Waals surface area contributed by atoms with E-state index in [9.17, 15) is 4.79 Å². The standard InChI is InChI=1S/C28H31N7O3/c29-27-25-26(20-6-8-23(9-7-20)38-22-4-2-1-3-5-22)32-35(28(25)31-19-30-27)21-10-12-34(13-11-21)24(36)18-33-14-16-37-17-15-33/h1-9,19,21H,10-18H2,(H2,29,30,31). The molecule has 2 fully saturated rings. The summed E-state index contributed by atoms with van der Waals surface area (Å²) < 4.78 is 13.3. The molecule has 38 heavy (non-hydrogen) atoms. The maximum atomic E-state index is 12.9. The van der Waals surface area contributed by atoms with Gasteiger partial charge in [0.15, 0.2) is 5.65 Å². The van der Waals surface area contributed by atoms with Crippen LogP contribution in [-0.4, -0.2) is 81.4 Å². The van der Waals surface area contributed by atoms with E-state index < -0.39 is 0 Å². The lowest BCUT2D eigenvalue weighted by molar-refractivity contribution is -0.134. The first-order chi connectivity index (χ1) is 18.7. The van der Waals surface area contributed by atoms with Crippen molar-refractivity contribution in [2.75, 3.05) is 51.7 Å². The Kier molecular flexibility index (Phi) is 6.89. The van der Waals surface area contributed by atoms with E-state index in [-0.39, 0.29) is 11.9 Å². The molecular weight excluding hydrogens is 482 g/mol. The van der Waals surface area contributed by atoms with Gasteiger partial charge < -0.3 is 20.1 Å². The highest BCUT2D eigenvalue weighted by Crippen LogP contribution is 2.35. The van der Waals surface area contributed by atoms with Crippen molar-refractivity contribution in [2.45, 2.75) is 18.9 Å². The molecule has 196 valence electrons. The molecule has 4 heterocycles. The van der Waals surface area contributed by atoms with Crippen molar-refractivity contribution in [2.24, 2.45) is 0 Å². The summed E-state index contributed by atoms with van der Waals surface area (Å²) in [7, 11) is 0. The Hall–Kier alpha value is -4.02. The highest BCUT2D eigenvalue weighted by molar-refractivity contribution is 5.98. The average molecular weight is 514 g/mol. The van der Waals surface area contributed by atoms with Crippen LogP contribution in [0.1, 0.15) is 18.9 Å². The normalized spacial score (nSPS) is 17.1. The van der Waals surface area contributed by atoms with Gasteiger partial charge >= 0.3 is 0 Å². The zero-order valence-electron chi connectivity index (χ0n) is 21.2. The number of nitrogen functional groups attached to an aromatic ring is 1. The molecule has 0 bridgehead atoms. The Morgan fingerprint density at radius 1 is 0.947 bits per heavy atom. The number of anilines is 1. The molecule has 10 nitrogen and oxygen atoms in total. The van der Waals surface area contributed by atoms with E-state index >= 15 is 0 Å². The van der Waals surface area contributed by atoms with Gasteiger partial charge in [0.1, 0.15) is 29.3 Å². The second-order valence-corrected chi connectivity index (χ2v) is 9.69. The molecule has 2 aromatic heterocycles. The summed E-state index contributed by atoms with van der Waals surface area (Å²) in [6.45, 7) is 4.84. The van der Waals surface area contributed by atoms with E-state index in [1.165, 1.54) is 6.33 Å². The number of ether oxygens (including phenoxy) is 2. The smallest absolute Gasteiger partial charge is 0.236 e. The van der Waals surface area contributed by atoms with E-state index in [0.29, 0.717) is 38.7 Å². The third kappa shape index (κ3) is 5.05. The summed E-state index contributed by atoms with van der Waals surface area (Å²) >= 11 is 0. The summed E-state index contributed by atoms with van der Waals surface area (Å²) in [6.07, 6.45) is 3.09. The number of hydrogen-bond donors (Lipinski definition) is 1. The predicted octanol–water partition coefficient (Wildman–Crippen LogP) is 3.36. The number of amides is 1. The zero-order chi connectivity index (χ0) is 25.9. The number of rotatable bonds is 6. The lowest BCUT2D eigenvalue weighted by Crippen LogP contribution is -2.47. The van der Waals surface area contributed by atoms with Crippen molar-refractivity contribution < 1.29 is 14.3 Å². The van der Waals surface area contributed by atoms with Gasteiger partial charge in [-0.05, 0) is 49.2 Å². The number of nitrogens with two attached hydrogens (primary N) is 1. The van der Waals surface area contributed by atoms with Crippen molar-refractivity contribution in [1.82, 2.24) is 29.5 Å². The molecule has 0 atom stereocenters. The molecule has 6 rings (SSSR count). The second-order valence-electron chi connectivity index (χ2n) is 9.69. The molecule has 2 aromatic carbocycles. The van der Waals surface area contributed by atoms with Crippen LogP contribution in [0.5, 0.6) is 11.5 Å². The van der Waals surface area contributed by atoms with Crippen LogP contribution < -0.4 is 10.5 Å². The third-order valence-electron chi connectivity index (χ3n) is 7.25. The minimum atomic E-state index is 0.119. The molecule has 0 unspecified atom stereocenters. The van der Waals surface area contributed by atoms with Crippen LogP contribution in [-0.2, 0) is 9.53 Å². The van der Waals surface area contributed by atoms with E-state index in [1.54, 1.807) is 0 Å². The zero-order valence-corrected chi connectivity index (χ0v) is 21.2. The Morgan fingerprint density at radius 2 is 1.66 bits per heavy atom. The minimum Gasteiger partial charge on any atom is -0.457 e. The number of fused-ring (bicyclic) bond motifs is 1. The number of carbonyl (C=O) groups is 1. The highest BCUT2D eigenvalue weighted by atomic mass is 16.5. The number of nitrogens with zero attached hydrogens (tertiary/aromatic N) is 6. The first-order valence-corrected chi connectivity index (χ1v) is 13.1.